The first-order chi connectivity index (χ1) is 9.20. The minimum atomic E-state index is 0.539. The molecule has 2 heterocycles. The van der Waals surface area contributed by atoms with Crippen molar-refractivity contribution in [2.45, 2.75) is 6.92 Å². The van der Waals surface area contributed by atoms with Gasteiger partial charge in [-0.15, -0.1) is 0 Å². The van der Waals surface area contributed by atoms with Crippen LogP contribution in [0.2, 0.25) is 5.02 Å². The maximum atomic E-state index is 9.35. The maximum Gasteiger partial charge on any atom is 0.152 e. The second-order valence-electron chi connectivity index (χ2n) is 4.31. The second-order valence-corrected chi connectivity index (χ2v) is 4.72. The summed E-state index contributed by atoms with van der Waals surface area (Å²) in [5.41, 5.74) is 3.87. The van der Waals surface area contributed by atoms with Crippen molar-refractivity contribution in [1.29, 1.82) is 5.26 Å². The SMILES string of the molecule is Cc1cc(-c2nc3ccccn3c2C#N)ccc1Cl. The highest BCUT2D eigenvalue weighted by atomic mass is 35.5. The summed E-state index contributed by atoms with van der Waals surface area (Å²) in [6.07, 6.45) is 1.84. The lowest BCUT2D eigenvalue weighted by molar-refractivity contribution is 1.15. The predicted octanol–water partition coefficient (Wildman–Crippen LogP) is 3.83. The van der Waals surface area contributed by atoms with Gasteiger partial charge in [0, 0.05) is 16.8 Å². The third kappa shape index (κ3) is 1.87. The zero-order valence-electron chi connectivity index (χ0n) is 10.3. The summed E-state index contributed by atoms with van der Waals surface area (Å²) in [5.74, 6) is 0. The highest BCUT2D eigenvalue weighted by Crippen LogP contribution is 2.27. The van der Waals surface area contributed by atoms with Crippen LogP contribution in [0.1, 0.15) is 11.3 Å². The Labute approximate surface area is 115 Å². The Bertz CT molecular complexity index is 812. The Morgan fingerprint density at radius 1 is 1.26 bits per heavy atom. The molecule has 0 atom stereocenters. The summed E-state index contributed by atoms with van der Waals surface area (Å²) in [7, 11) is 0. The summed E-state index contributed by atoms with van der Waals surface area (Å²) in [5, 5.41) is 10.1. The summed E-state index contributed by atoms with van der Waals surface area (Å²) in [6, 6.07) is 13.6. The standard InChI is InChI=1S/C15H10ClN3/c1-10-8-11(5-6-12(10)16)15-13(9-17)19-7-3-2-4-14(19)18-15/h2-8H,1H3. The summed E-state index contributed by atoms with van der Waals surface area (Å²) >= 11 is 6.03. The maximum absolute atomic E-state index is 9.35. The van der Waals surface area contributed by atoms with Gasteiger partial charge in [-0.25, -0.2) is 4.98 Å². The molecule has 0 fully saturated rings. The van der Waals surface area contributed by atoms with Gasteiger partial charge in [-0.3, -0.25) is 4.40 Å². The number of rotatable bonds is 1. The molecule has 0 amide bonds. The van der Waals surface area contributed by atoms with Crippen LogP contribution in [0, 0.1) is 18.3 Å². The third-order valence-electron chi connectivity index (χ3n) is 3.07. The van der Waals surface area contributed by atoms with Gasteiger partial charge in [0.2, 0.25) is 0 Å². The van der Waals surface area contributed by atoms with Crippen LogP contribution in [-0.2, 0) is 0 Å². The van der Waals surface area contributed by atoms with Crippen LogP contribution in [0.4, 0.5) is 0 Å². The van der Waals surface area contributed by atoms with Crippen molar-refractivity contribution in [3.8, 4) is 17.3 Å². The van der Waals surface area contributed by atoms with Crippen molar-refractivity contribution < 1.29 is 0 Å². The van der Waals surface area contributed by atoms with E-state index in [-0.39, 0.29) is 0 Å². The van der Waals surface area contributed by atoms with Crippen LogP contribution in [0.3, 0.4) is 0 Å². The number of nitriles is 1. The molecule has 0 N–H and O–H groups in total. The monoisotopic (exact) mass is 267 g/mol. The van der Waals surface area contributed by atoms with Gasteiger partial charge in [-0.05, 0) is 36.8 Å². The topological polar surface area (TPSA) is 41.1 Å². The molecule has 0 aliphatic heterocycles. The molecule has 2 aromatic heterocycles. The molecule has 92 valence electrons. The average Bonchev–Trinajstić information content (AvgIpc) is 2.80. The zero-order chi connectivity index (χ0) is 13.4. The fourth-order valence-corrected chi connectivity index (χ4v) is 2.21. The van der Waals surface area contributed by atoms with Crippen LogP contribution in [0.5, 0.6) is 0 Å². The molecule has 3 nitrogen and oxygen atoms in total. The van der Waals surface area contributed by atoms with Crippen molar-refractivity contribution in [2.24, 2.45) is 0 Å². The Morgan fingerprint density at radius 3 is 2.84 bits per heavy atom. The number of aryl methyl sites for hydroxylation is 1. The highest BCUT2D eigenvalue weighted by Gasteiger charge is 2.13. The number of pyridine rings is 1. The van der Waals surface area contributed by atoms with Gasteiger partial charge in [0.1, 0.15) is 17.4 Å². The molecule has 0 aliphatic rings. The molecule has 0 spiro atoms. The van der Waals surface area contributed by atoms with Gasteiger partial charge in [-0.1, -0.05) is 23.7 Å². The number of imidazole rings is 1. The van der Waals surface area contributed by atoms with Gasteiger partial charge in [0.25, 0.3) is 0 Å². The molecule has 3 aromatic rings. The lowest BCUT2D eigenvalue weighted by atomic mass is 10.1. The van der Waals surface area contributed by atoms with Gasteiger partial charge < -0.3 is 0 Å². The van der Waals surface area contributed by atoms with E-state index in [1.54, 1.807) is 4.40 Å². The van der Waals surface area contributed by atoms with Gasteiger partial charge in [0.05, 0.1) is 0 Å². The average molecular weight is 268 g/mol. The lowest BCUT2D eigenvalue weighted by Gasteiger charge is -2.01. The molecule has 0 radical (unpaired) electrons. The van der Waals surface area contributed by atoms with Crippen molar-refractivity contribution in [3.63, 3.8) is 0 Å². The molecular formula is C15H10ClN3. The fourth-order valence-electron chi connectivity index (χ4n) is 2.10. The molecule has 4 heteroatoms. The van der Waals surface area contributed by atoms with Crippen molar-refractivity contribution >= 4 is 17.2 Å². The fraction of sp³-hybridized carbons (Fsp3) is 0.0667. The van der Waals surface area contributed by atoms with E-state index in [0.29, 0.717) is 16.4 Å². The lowest BCUT2D eigenvalue weighted by Crippen LogP contribution is -1.88. The molecule has 0 saturated carbocycles. The van der Waals surface area contributed by atoms with Crippen LogP contribution in [0.15, 0.2) is 42.6 Å². The van der Waals surface area contributed by atoms with E-state index in [1.807, 2.05) is 49.5 Å². The molecule has 19 heavy (non-hydrogen) atoms. The number of benzene rings is 1. The smallest absolute Gasteiger partial charge is 0.152 e. The van der Waals surface area contributed by atoms with Crippen LogP contribution < -0.4 is 0 Å². The minimum absolute atomic E-state index is 0.539. The van der Waals surface area contributed by atoms with Crippen LogP contribution >= 0.6 is 11.6 Å². The quantitative estimate of drug-likeness (QED) is 0.672. The molecule has 0 aliphatic carbocycles. The first-order valence-electron chi connectivity index (χ1n) is 5.84. The summed E-state index contributed by atoms with van der Waals surface area (Å²) < 4.78 is 1.79. The summed E-state index contributed by atoms with van der Waals surface area (Å²) in [6.45, 7) is 1.94. The van der Waals surface area contributed by atoms with Crippen molar-refractivity contribution in [1.82, 2.24) is 9.38 Å². The van der Waals surface area contributed by atoms with Gasteiger partial charge in [0.15, 0.2) is 5.69 Å². The number of aromatic nitrogens is 2. The predicted molar refractivity (Wildman–Crippen MR) is 75.1 cm³/mol. The largest absolute Gasteiger partial charge is 0.291 e. The Kier molecular flexibility index (Phi) is 2.73. The third-order valence-corrected chi connectivity index (χ3v) is 3.49. The Hall–Kier alpha value is -2.31. The van der Waals surface area contributed by atoms with E-state index in [2.05, 4.69) is 11.1 Å². The van der Waals surface area contributed by atoms with E-state index in [0.717, 1.165) is 16.8 Å². The molecular weight excluding hydrogens is 258 g/mol. The molecule has 3 rings (SSSR count). The Balaban J connectivity index is 2.30. The van der Waals surface area contributed by atoms with Crippen LogP contribution in [-0.4, -0.2) is 9.38 Å². The molecule has 1 aromatic carbocycles. The second kappa shape index (κ2) is 4.42. The number of nitrogens with zero attached hydrogens (tertiary/aromatic N) is 3. The number of hydrogen-bond donors (Lipinski definition) is 0. The number of halogens is 1. The highest BCUT2D eigenvalue weighted by molar-refractivity contribution is 6.31. The Morgan fingerprint density at radius 2 is 2.11 bits per heavy atom. The first kappa shape index (κ1) is 11.8. The van der Waals surface area contributed by atoms with Gasteiger partial charge >= 0.3 is 0 Å². The summed E-state index contributed by atoms with van der Waals surface area (Å²) in [4.78, 5) is 4.52. The molecule has 0 saturated heterocycles. The molecule has 0 bridgehead atoms. The minimum Gasteiger partial charge on any atom is -0.291 e. The normalized spacial score (nSPS) is 10.6. The van der Waals surface area contributed by atoms with E-state index in [4.69, 9.17) is 11.6 Å². The van der Waals surface area contributed by atoms with E-state index < -0.39 is 0 Å². The van der Waals surface area contributed by atoms with E-state index in [1.165, 1.54) is 0 Å². The van der Waals surface area contributed by atoms with Crippen molar-refractivity contribution in [3.05, 3.63) is 58.9 Å². The number of hydrogen-bond acceptors (Lipinski definition) is 2. The van der Waals surface area contributed by atoms with Crippen molar-refractivity contribution in [2.75, 3.05) is 0 Å². The van der Waals surface area contributed by atoms with E-state index >= 15 is 0 Å². The van der Waals surface area contributed by atoms with E-state index in [9.17, 15) is 5.26 Å². The first-order valence-corrected chi connectivity index (χ1v) is 6.22. The number of fused-ring (bicyclic) bond motifs is 1. The molecule has 0 unspecified atom stereocenters. The zero-order valence-corrected chi connectivity index (χ0v) is 11.0. The van der Waals surface area contributed by atoms with Gasteiger partial charge in [-0.2, -0.15) is 5.26 Å². The van der Waals surface area contributed by atoms with Crippen LogP contribution in [0.25, 0.3) is 16.9 Å².